The lowest BCUT2D eigenvalue weighted by atomic mass is 9.79. The van der Waals surface area contributed by atoms with Gasteiger partial charge in [-0.2, -0.15) is 13.2 Å². The molecule has 0 saturated carbocycles. The molecule has 0 radical (unpaired) electrons. The maximum Gasteiger partial charge on any atom is 0.415 e. The number of hydrogen-bond acceptors (Lipinski definition) is 4. The van der Waals surface area contributed by atoms with Gasteiger partial charge in [-0.25, -0.2) is 0 Å². The molecule has 3 nitrogen and oxygen atoms in total. The Morgan fingerprint density at radius 3 is 2.88 bits per heavy atom. The minimum absolute atomic E-state index is 0.0633. The second kappa shape index (κ2) is 6.59. The van der Waals surface area contributed by atoms with Crippen molar-refractivity contribution in [2.45, 2.75) is 63.5 Å². The zero-order valence-corrected chi connectivity index (χ0v) is 14.8. The third-order valence-electron chi connectivity index (χ3n) is 5.24. The van der Waals surface area contributed by atoms with E-state index in [4.69, 9.17) is 4.74 Å². The van der Waals surface area contributed by atoms with E-state index in [-0.39, 0.29) is 18.2 Å². The molecule has 1 aromatic heterocycles. The molecule has 3 rings (SSSR count). The van der Waals surface area contributed by atoms with E-state index in [1.807, 2.05) is 18.3 Å². The number of fused-ring (bicyclic) bond motifs is 2. The highest BCUT2D eigenvalue weighted by atomic mass is 32.1. The third-order valence-corrected chi connectivity index (χ3v) is 6.58. The molecule has 0 aromatic carbocycles. The van der Waals surface area contributed by atoms with Crippen LogP contribution in [0.15, 0.2) is 6.07 Å². The Labute approximate surface area is 144 Å². The number of aliphatic hydroxyl groups excluding tert-OH is 1. The van der Waals surface area contributed by atoms with Gasteiger partial charge in [0.1, 0.15) is 0 Å². The molecule has 1 unspecified atom stereocenters. The van der Waals surface area contributed by atoms with Crippen molar-refractivity contribution < 1.29 is 23.0 Å². The molecule has 0 aliphatic carbocycles. The number of β-amino-alcohol motifs (C(OH)–C–C–N with tert-alkyl or cyclic N) is 1. The van der Waals surface area contributed by atoms with E-state index < -0.39 is 12.3 Å². The third kappa shape index (κ3) is 3.36. The second-order valence-electron chi connectivity index (χ2n) is 6.85. The Hall–Kier alpha value is -0.630. The summed E-state index contributed by atoms with van der Waals surface area (Å²) in [4.78, 5) is 4.44. The predicted molar refractivity (Wildman–Crippen MR) is 87.4 cm³/mol. The number of hydrogen-bond donors (Lipinski definition) is 1. The van der Waals surface area contributed by atoms with E-state index in [0.29, 0.717) is 26.0 Å². The summed E-state index contributed by atoms with van der Waals surface area (Å²) in [6, 6.07) is 2.17. The fourth-order valence-electron chi connectivity index (χ4n) is 3.87. The summed E-state index contributed by atoms with van der Waals surface area (Å²) in [5.74, 6) is 0. The average molecular weight is 363 g/mol. The molecule has 7 heteroatoms. The van der Waals surface area contributed by atoms with Gasteiger partial charge in [-0.1, -0.05) is 6.92 Å². The van der Waals surface area contributed by atoms with Crippen LogP contribution in [-0.4, -0.2) is 48.0 Å². The largest absolute Gasteiger partial charge is 0.415 e. The first-order chi connectivity index (χ1) is 11.2. The number of aryl methyl sites for hydroxylation is 1. The van der Waals surface area contributed by atoms with Gasteiger partial charge in [-0.15, -0.1) is 11.3 Å². The quantitative estimate of drug-likeness (QED) is 0.892. The standard InChI is InChI=1S/C17H24F3NO2S/c1-3-12-8-13-14(24-12)4-7-23-16(13)5-6-21(11(2)9-16)10-15(22)17(18,19)20/h8,11,15,22H,3-7,9-10H2,1-2H3/t11-,15?,16+/m0/s1. The lowest BCUT2D eigenvalue weighted by Gasteiger charge is -2.47. The van der Waals surface area contributed by atoms with Crippen molar-refractivity contribution in [1.82, 2.24) is 4.90 Å². The van der Waals surface area contributed by atoms with Crippen LogP contribution in [-0.2, 0) is 23.2 Å². The molecule has 1 saturated heterocycles. The van der Waals surface area contributed by atoms with Crippen LogP contribution >= 0.6 is 11.3 Å². The van der Waals surface area contributed by atoms with Crippen molar-refractivity contribution in [2.24, 2.45) is 0 Å². The first-order valence-electron chi connectivity index (χ1n) is 8.50. The molecule has 2 aliphatic heterocycles. The fourth-order valence-corrected chi connectivity index (χ4v) is 5.05. The summed E-state index contributed by atoms with van der Waals surface area (Å²) in [5, 5.41) is 9.35. The zero-order chi connectivity index (χ0) is 17.5. The Morgan fingerprint density at radius 2 is 2.25 bits per heavy atom. The fraction of sp³-hybridized carbons (Fsp3) is 0.765. The minimum atomic E-state index is -4.56. The van der Waals surface area contributed by atoms with Crippen molar-refractivity contribution in [2.75, 3.05) is 19.7 Å². The number of thiophene rings is 1. The molecule has 2 aliphatic rings. The number of aliphatic hydroxyl groups is 1. The topological polar surface area (TPSA) is 32.7 Å². The van der Waals surface area contributed by atoms with Gasteiger partial charge < -0.3 is 9.84 Å². The highest BCUT2D eigenvalue weighted by molar-refractivity contribution is 7.12. The smallest absolute Gasteiger partial charge is 0.382 e. The van der Waals surface area contributed by atoms with Crippen LogP contribution in [0, 0.1) is 0 Å². The molecule has 1 aromatic rings. The summed E-state index contributed by atoms with van der Waals surface area (Å²) < 4.78 is 44.0. The van der Waals surface area contributed by atoms with Crippen LogP contribution in [0.2, 0.25) is 0 Å². The molecule has 3 heterocycles. The maximum atomic E-state index is 12.6. The highest BCUT2D eigenvalue weighted by Gasteiger charge is 2.46. The summed E-state index contributed by atoms with van der Waals surface area (Å²) in [6.45, 7) is 4.88. The Kier molecular flexibility index (Phi) is 4.99. The van der Waals surface area contributed by atoms with Crippen molar-refractivity contribution in [1.29, 1.82) is 0 Å². The van der Waals surface area contributed by atoms with Crippen LogP contribution in [0.25, 0.3) is 0 Å². The van der Waals surface area contributed by atoms with E-state index in [0.717, 1.165) is 12.8 Å². The van der Waals surface area contributed by atoms with Gasteiger partial charge in [-0.05, 0) is 37.8 Å². The van der Waals surface area contributed by atoms with Crippen LogP contribution in [0.1, 0.15) is 42.0 Å². The molecule has 24 heavy (non-hydrogen) atoms. The first kappa shape index (κ1) is 18.2. The number of likely N-dealkylation sites (tertiary alicyclic amines) is 1. The Balaban J connectivity index is 1.75. The van der Waals surface area contributed by atoms with Gasteiger partial charge >= 0.3 is 6.18 Å². The van der Waals surface area contributed by atoms with E-state index in [1.54, 1.807) is 4.90 Å². The average Bonchev–Trinajstić information content (AvgIpc) is 2.94. The number of piperidine rings is 1. The summed E-state index contributed by atoms with van der Waals surface area (Å²) >= 11 is 1.84. The Bertz CT molecular complexity index is 589. The zero-order valence-electron chi connectivity index (χ0n) is 14.0. The number of halogens is 3. The van der Waals surface area contributed by atoms with Crippen molar-refractivity contribution in [3.63, 3.8) is 0 Å². The first-order valence-corrected chi connectivity index (χ1v) is 9.31. The van der Waals surface area contributed by atoms with Gasteiger partial charge in [0.05, 0.1) is 12.2 Å². The number of ether oxygens (including phenoxy) is 1. The van der Waals surface area contributed by atoms with Gasteiger partial charge in [0.2, 0.25) is 0 Å². The van der Waals surface area contributed by atoms with Crippen LogP contribution in [0.3, 0.4) is 0 Å². The predicted octanol–water partition coefficient (Wildman–Crippen LogP) is 3.49. The SMILES string of the molecule is CCc1cc2c(s1)CCO[C@@]21CCN(CC(O)C(F)(F)F)[C@@H](C)C1. The maximum absolute atomic E-state index is 12.6. The van der Waals surface area contributed by atoms with Gasteiger partial charge in [0.25, 0.3) is 0 Å². The molecular formula is C17H24F3NO2S. The number of nitrogens with zero attached hydrogens (tertiary/aromatic N) is 1. The van der Waals surface area contributed by atoms with E-state index in [1.165, 1.54) is 15.3 Å². The normalized spacial score (nSPS) is 29.7. The summed E-state index contributed by atoms with van der Waals surface area (Å²) in [5.41, 5.74) is 0.884. The van der Waals surface area contributed by atoms with Crippen LogP contribution in [0.4, 0.5) is 13.2 Å². The molecule has 0 amide bonds. The van der Waals surface area contributed by atoms with Crippen LogP contribution < -0.4 is 0 Å². The molecule has 136 valence electrons. The lowest BCUT2D eigenvalue weighted by Crippen LogP contribution is -2.53. The van der Waals surface area contributed by atoms with E-state index in [2.05, 4.69) is 13.0 Å². The van der Waals surface area contributed by atoms with Gasteiger partial charge in [-0.3, -0.25) is 4.90 Å². The van der Waals surface area contributed by atoms with Crippen LogP contribution in [0.5, 0.6) is 0 Å². The molecular weight excluding hydrogens is 339 g/mol. The van der Waals surface area contributed by atoms with Crippen molar-refractivity contribution in [3.8, 4) is 0 Å². The lowest BCUT2D eigenvalue weighted by molar-refractivity contribution is -0.213. The van der Waals surface area contributed by atoms with Gasteiger partial charge in [0, 0.05) is 35.3 Å². The molecule has 3 atom stereocenters. The minimum Gasteiger partial charge on any atom is -0.382 e. The molecule has 1 fully saturated rings. The van der Waals surface area contributed by atoms with Crippen molar-refractivity contribution >= 4 is 11.3 Å². The van der Waals surface area contributed by atoms with E-state index >= 15 is 0 Å². The highest BCUT2D eigenvalue weighted by Crippen LogP contribution is 2.46. The summed E-state index contributed by atoms with van der Waals surface area (Å²) in [6.07, 6.45) is -3.59. The molecule has 1 N–H and O–H groups in total. The monoisotopic (exact) mass is 363 g/mol. The van der Waals surface area contributed by atoms with E-state index in [9.17, 15) is 18.3 Å². The van der Waals surface area contributed by atoms with Crippen molar-refractivity contribution in [3.05, 3.63) is 21.4 Å². The van der Waals surface area contributed by atoms with Gasteiger partial charge in [0.15, 0.2) is 6.10 Å². The molecule has 0 bridgehead atoms. The summed E-state index contributed by atoms with van der Waals surface area (Å²) in [7, 11) is 0. The second-order valence-corrected chi connectivity index (χ2v) is 8.07. The number of alkyl halides is 3. The molecule has 1 spiro atoms. The number of rotatable bonds is 3. The Morgan fingerprint density at radius 1 is 1.50 bits per heavy atom.